The molecule has 0 bridgehead atoms. The van der Waals surface area contributed by atoms with E-state index in [-0.39, 0.29) is 10.6 Å². The number of benzene rings is 3. The van der Waals surface area contributed by atoms with Crippen LogP contribution >= 0.6 is 0 Å². The van der Waals surface area contributed by atoms with Crippen LogP contribution in [0.25, 0.3) is 0 Å². The molecule has 0 unspecified atom stereocenters. The molecule has 3 rings (SSSR count). The second-order valence-corrected chi connectivity index (χ2v) is 9.65. The summed E-state index contributed by atoms with van der Waals surface area (Å²) in [6, 6.07) is 19.0. The minimum atomic E-state index is -4.15. The van der Waals surface area contributed by atoms with Gasteiger partial charge in [-0.3, -0.25) is 9.10 Å². The van der Waals surface area contributed by atoms with Gasteiger partial charge in [0, 0.05) is 12.6 Å². The van der Waals surface area contributed by atoms with E-state index in [0.29, 0.717) is 24.4 Å². The lowest BCUT2D eigenvalue weighted by Gasteiger charge is -2.25. The number of nitrogens with one attached hydrogen (secondary N) is 1. The zero-order chi connectivity index (χ0) is 25.4. The second kappa shape index (κ2) is 11.6. The topological polar surface area (TPSA) is 94.2 Å². The normalized spacial score (nSPS) is 11.0. The number of aryl methyl sites for hydroxylation is 1. The molecule has 1 amide bonds. The van der Waals surface area contributed by atoms with Crippen molar-refractivity contribution in [1.29, 1.82) is 0 Å². The van der Waals surface area contributed by atoms with Crippen LogP contribution in [-0.2, 0) is 21.2 Å². The van der Waals surface area contributed by atoms with Crippen LogP contribution in [0.1, 0.15) is 11.1 Å². The fourth-order valence-electron chi connectivity index (χ4n) is 3.51. The summed E-state index contributed by atoms with van der Waals surface area (Å²) in [6.07, 6.45) is 0.591. The lowest BCUT2D eigenvalue weighted by Crippen LogP contribution is -2.41. The third kappa shape index (κ3) is 6.45. The molecular weight excluding hydrogens is 468 g/mol. The van der Waals surface area contributed by atoms with Gasteiger partial charge in [0.2, 0.25) is 5.91 Å². The number of nitrogens with zero attached hydrogens (tertiary/aromatic N) is 1. The van der Waals surface area contributed by atoms with E-state index in [4.69, 9.17) is 14.2 Å². The number of rotatable bonds is 11. The summed E-state index contributed by atoms with van der Waals surface area (Å²) in [5.74, 6) is 0.988. The van der Waals surface area contributed by atoms with Gasteiger partial charge in [-0.1, -0.05) is 24.3 Å². The molecule has 0 saturated heterocycles. The quantitative estimate of drug-likeness (QED) is 0.434. The minimum Gasteiger partial charge on any atom is -0.497 e. The second-order valence-electron chi connectivity index (χ2n) is 7.82. The van der Waals surface area contributed by atoms with E-state index in [1.807, 2.05) is 24.3 Å². The van der Waals surface area contributed by atoms with E-state index >= 15 is 0 Å². The first kappa shape index (κ1) is 25.9. The number of hydrogen-bond donors (Lipinski definition) is 1. The summed E-state index contributed by atoms with van der Waals surface area (Å²) >= 11 is 0. The zero-order valence-corrected chi connectivity index (χ0v) is 21.1. The first-order valence-electron chi connectivity index (χ1n) is 11.0. The van der Waals surface area contributed by atoms with Gasteiger partial charge >= 0.3 is 0 Å². The fraction of sp³-hybridized carbons (Fsp3) is 0.269. The van der Waals surface area contributed by atoms with Crippen LogP contribution in [0.15, 0.2) is 71.6 Å². The van der Waals surface area contributed by atoms with Crippen LogP contribution in [0, 0.1) is 6.92 Å². The van der Waals surface area contributed by atoms with Gasteiger partial charge in [-0.25, -0.2) is 8.42 Å². The van der Waals surface area contributed by atoms with Crippen molar-refractivity contribution in [2.45, 2.75) is 18.2 Å². The first-order chi connectivity index (χ1) is 16.8. The van der Waals surface area contributed by atoms with Gasteiger partial charge in [-0.2, -0.15) is 0 Å². The van der Waals surface area contributed by atoms with Crippen molar-refractivity contribution in [3.63, 3.8) is 0 Å². The maximum Gasteiger partial charge on any atom is 0.268 e. The molecule has 3 aromatic rings. The molecule has 0 radical (unpaired) electrons. The maximum atomic E-state index is 13.8. The Morgan fingerprint density at radius 1 is 0.886 bits per heavy atom. The number of methoxy groups -OCH3 is 3. The molecule has 186 valence electrons. The largest absolute Gasteiger partial charge is 0.497 e. The van der Waals surface area contributed by atoms with E-state index < -0.39 is 22.5 Å². The Kier molecular flexibility index (Phi) is 8.59. The predicted octanol–water partition coefficient (Wildman–Crippen LogP) is 3.58. The minimum absolute atomic E-state index is 0.0196. The molecule has 9 heteroatoms. The third-order valence-electron chi connectivity index (χ3n) is 5.41. The van der Waals surface area contributed by atoms with Gasteiger partial charge in [0.25, 0.3) is 10.0 Å². The maximum absolute atomic E-state index is 13.8. The van der Waals surface area contributed by atoms with Crippen LogP contribution in [0.5, 0.6) is 17.2 Å². The standard InChI is InChI=1S/C26H30N2O6S/c1-19-8-13-24(34-4)25(16-19)35(30,31)28(21-6-5-7-23(17-21)33-3)18-26(29)27-15-14-20-9-11-22(32-2)12-10-20/h5-13,16-17H,14-15,18H2,1-4H3,(H,27,29). The lowest BCUT2D eigenvalue weighted by molar-refractivity contribution is -0.119. The number of carbonyl (C=O) groups excluding carboxylic acids is 1. The summed E-state index contributed by atoms with van der Waals surface area (Å²) in [5.41, 5.74) is 2.07. The van der Waals surface area contributed by atoms with E-state index in [9.17, 15) is 13.2 Å². The van der Waals surface area contributed by atoms with Gasteiger partial charge in [0.05, 0.1) is 27.0 Å². The van der Waals surface area contributed by atoms with Gasteiger partial charge in [0.15, 0.2) is 0 Å². The molecule has 0 fully saturated rings. The van der Waals surface area contributed by atoms with Gasteiger partial charge in [-0.05, 0) is 60.9 Å². The average molecular weight is 499 g/mol. The SMILES string of the molecule is COc1ccc(CCNC(=O)CN(c2cccc(OC)c2)S(=O)(=O)c2cc(C)ccc2OC)cc1. The highest BCUT2D eigenvalue weighted by molar-refractivity contribution is 7.93. The number of carbonyl (C=O) groups is 1. The number of amides is 1. The summed E-state index contributed by atoms with van der Waals surface area (Å²) < 4.78 is 44.3. The summed E-state index contributed by atoms with van der Waals surface area (Å²) in [4.78, 5) is 12.9. The van der Waals surface area contributed by atoms with Crippen LogP contribution in [0.4, 0.5) is 5.69 Å². The molecule has 0 heterocycles. The smallest absolute Gasteiger partial charge is 0.268 e. The van der Waals surface area contributed by atoms with Crippen LogP contribution < -0.4 is 23.8 Å². The number of anilines is 1. The summed E-state index contributed by atoms with van der Waals surface area (Å²) in [5, 5.41) is 2.81. The molecule has 0 spiro atoms. The average Bonchev–Trinajstić information content (AvgIpc) is 2.87. The molecule has 0 saturated carbocycles. The highest BCUT2D eigenvalue weighted by Crippen LogP contribution is 2.32. The van der Waals surface area contributed by atoms with E-state index in [0.717, 1.165) is 21.2 Å². The van der Waals surface area contributed by atoms with Crippen molar-refractivity contribution in [2.75, 3.05) is 38.7 Å². The van der Waals surface area contributed by atoms with E-state index in [2.05, 4.69) is 5.32 Å². The highest BCUT2D eigenvalue weighted by atomic mass is 32.2. The highest BCUT2D eigenvalue weighted by Gasteiger charge is 2.30. The molecule has 3 aromatic carbocycles. The number of hydrogen-bond acceptors (Lipinski definition) is 6. The van der Waals surface area contributed by atoms with Crippen molar-refractivity contribution in [3.8, 4) is 17.2 Å². The van der Waals surface area contributed by atoms with Gasteiger partial charge in [-0.15, -0.1) is 0 Å². The Balaban J connectivity index is 1.84. The van der Waals surface area contributed by atoms with Crippen LogP contribution in [0.3, 0.4) is 0 Å². The fourth-order valence-corrected chi connectivity index (χ4v) is 5.17. The van der Waals surface area contributed by atoms with E-state index in [1.54, 1.807) is 50.4 Å². The summed E-state index contributed by atoms with van der Waals surface area (Å²) in [7, 11) is 0.356. The number of sulfonamides is 1. The molecule has 0 atom stereocenters. The van der Waals surface area contributed by atoms with Crippen LogP contribution in [-0.4, -0.2) is 48.7 Å². The summed E-state index contributed by atoms with van der Waals surface area (Å²) in [6.45, 7) is 1.74. The van der Waals surface area contributed by atoms with Crippen molar-refractivity contribution in [3.05, 3.63) is 77.9 Å². The lowest BCUT2D eigenvalue weighted by atomic mass is 10.1. The molecule has 35 heavy (non-hydrogen) atoms. The molecule has 0 aliphatic heterocycles. The predicted molar refractivity (Wildman–Crippen MR) is 135 cm³/mol. The Labute approximate surface area is 206 Å². The van der Waals surface area contributed by atoms with Crippen molar-refractivity contribution in [2.24, 2.45) is 0 Å². The Bertz CT molecular complexity index is 1260. The Morgan fingerprint density at radius 3 is 2.26 bits per heavy atom. The van der Waals surface area contributed by atoms with Crippen molar-refractivity contribution < 1.29 is 27.4 Å². The van der Waals surface area contributed by atoms with E-state index in [1.165, 1.54) is 20.3 Å². The van der Waals surface area contributed by atoms with Crippen LogP contribution in [0.2, 0.25) is 0 Å². The monoisotopic (exact) mass is 498 g/mol. The number of ether oxygens (including phenoxy) is 3. The van der Waals surface area contributed by atoms with Crippen molar-refractivity contribution >= 4 is 21.6 Å². The third-order valence-corrected chi connectivity index (χ3v) is 7.21. The van der Waals surface area contributed by atoms with Gasteiger partial charge in [0.1, 0.15) is 28.7 Å². The molecule has 1 N–H and O–H groups in total. The molecule has 0 aliphatic rings. The zero-order valence-electron chi connectivity index (χ0n) is 20.3. The van der Waals surface area contributed by atoms with Crippen molar-refractivity contribution in [1.82, 2.24) is 5.32 Å². The molecule has 8 nitrogen and oxygen atoms in total. The molecule has 0 aromatic heterocycles. The Hall–Kier alpha value is -3.72. The molecular formula is C26H30N2O6S. The Morgan fingerprint density at radius 2 is 1.60 bits per heavy atom. The first-order valence-corrected chi connectivity index (χ1v) is 12.4. The van der Waals surface area contributed by atoms with Gasteiger partial charge < -0.3 is 19.5 Å². The molecule has 0 aliphatic carbocycles.